The maximum absolute atomic E-state index is 11.1. The van der Waals surface area contributed by atoms with Gasteiger partial charge in [-0.15, -0.1) is 0 Å². The Morgan fingerprint density at radius 3 is 2.28 bits per heavy atom. The molecule has 1 N–H and O–H groups in total. The van der Waals surface area contributed by atoms with Crippen molar-refractivity contribution in [3.8, 4) is 0 Å². The summed E-state index contributed by atoms with van der Waals surface area (Å²) in [6.45, 7) is 2.31. The van der Waals surface area contributed by atoms with Crippen molar-refractivity contribution in [2.24, 2.45) is 23.7 Å². The van der Waals surface area contributed by atoms with Crippen LogP contribution in [0, 0.1) is 23.7 Å². The van der Waals surface area contributed by atoms with E-state index in [1.807, 2.05) is 0 Å². The Morgan fingerprint density at radius 1 is 1.00 bits per heavy atom. The van der Waals surface area contributed by atoms with Gasteiger partial charge in [0.15, 0.2) is 0 Å². The zero-order valence-corrected chi connectivity index (χ0v) is 11.7. The Bertz CT molecular complexity index is 266. The van der Waals surface area contributed by atoms with Gasteiger partial charge in [0, 0.05) is 0 Å². The van der Waals surface area contributed by atoms with Crippen molar-refractivity contribution in [2.75, 3.05) is 0 Å². The highest BCUT2D eigenvalue weighted by atomic mass is 16.4. The molecule has 2 saturated carbocycles. The van der Waals surface area contributed by atoms with Gasteiger partial charge in [-0.25, -0.2) is 0 Å². The largest absolute Gasteiger partial charge is 0.481 e. The highest BCUT2D eigenvalue weighted by molar-refractivity contribution is 5.70. The number of rotatable bonds is 4. The Balaban J connectivity index is 1.74. The fourth-order valence-corrected chi connectivity index (χ4v) is 4.08. The molecule has 0 aromatic carbocycles. The van der Waals surface area contributed by atoms with Crippen molar-refractivity contribution in [1.82, 2.24) is 0 Å². The van der Waals surface area contributed by atoms with Gasteiger partial charge in [-0.1, -0.05) is 51.9 Å². The van der Waals surface area contributed by atoms with Gasteiger partial charge in [-0.05, 0) is 37.0 Å². The minimum atomic E-state index is -0.561. The van der Waals surface area contributed by atoms with E-state index in [0.29, 0.717) is 5.92 Å². The zero-order chi connectivity index (χ0) is 13.0. The normalized spacial score (nSPS) is 37.4. The second-order valence-electron chi connectivity index (χ2n) is 6.60. The van der Waals surface area contributed by atoms with Gasteiger partial charge in [0.25, 0.3) is 0 Å². The average Bonchev–Trinajstić information content (AvgIpc) is 2.40. The summed E-state index contributed by atoms with van der Waals surface area (Å²) in [5.74, 6) is 1.96. The van der Waals surface area contributed by atoms with Crippen LogP contribution in [0.5, 0.6) is 0 Å². The lowest BCUT2D eigenvalue weighted by Gasteiger charge is -2.33. The number of carboxylic acids is 1. The molecular formula is C16H28O2. The van der Waals surface area contributed by atoms with Crippen LogP contribution < -0.4 is 0 Å². The Labute approximate surface area is 111 Å². The van der Waals surface area contributed by atoms with E-state index in [-0.39, 0.29) is 5.92 Å². The Hall–Kier alpha value is -0.530. The molecule has 0 aliphatic heterocycles. The highest BCUT2D eigenvalue weighted by Gasteiger charge is 2.29. The molecule has 104 valence electrons. The molecule has 2 heteroatoms. The van der Waals surface area contributed by atoms with E-state index in [0.717, 1.165) is 31.1 Å². The van der Waals surface area contributed by atoms with Gasteiger partial charge in [-0.3, -0.25) is 4.79 Å². The molecule has 0 aromatic rings. The van der Waals surface area contributed by atoms with Crippen LogP contribution in [0.2, 0.25) is 0 Å². The van der Waals surface area contributed by atoms with Crippen LogP contribution in [0.15, 0.2) is 0 Å². The van der Waals surface area contributed by atoms with Gasteiger partial charge in [0.05, 0.1) is 5.92 Å². The zero-order valence-electron chi connectivity index (χ0n) is 11.7. The van der Waals surface area contributed by atoms with Crippen LogP contribution in [0.25, 0.3) is 0 Å². The fourth-order valence-electron chi connectivity index (χ4n) is 4.08. The lowest BCUT2D eigenvalue weighted by atomic mass is 9.72. The molecule has 18 heavy (non-hydrogen) atoms. The maximum atomic E-state index is 11.1. The SMILES string of the molecule is CCC1CCC(CC2CCCC(C(=O)O)C2)CC1. The summed E-state index contributed by atoms with van der Waals surface area (Å²) in [5.41, 5.74) is 0. The van der Waals surface area contributed by atoms with Crippen molar-refractivity contribution in [3.63, 3.8) is 0 Å². The second-order valence-corrected chi connectivity index (χ2v) is 6.60. The van der Waals surface area contributed by atoms with Crippen LogP contribution in [-0.4, -0.2) is 11.1 Å². The molecule has 2 aliphatic carbocycles. The first-order valence-corrected chi connectivity index (χ1v) is 7.91. The number of carbonyl (C=O) groups is 1. The third-order valence-corrected chi connectivity index (χ3v) is 5.34. The molecule has 0 amide bonds. The third kappa shape index (κ3) is 3.73. The van der Waals surface area contributed by atoms with Gasteiger partial charge >= 0.3 is 5.97 Å². The van der Waals surface area contributed by atoms with E-state index in [1.54, 1.807) is 0 Å². The molecule has 2 rings (SSSR count). The summed E-state index contributed by atoms with van der Waals surface area (Å²) >= 11 is 0. The molecule has 0 heterocycles. The van der Waals surface area contributed by atoms with E-state index >= 15 is 0 Å². The summed E-state index contributed by atoms with van der Waals surface area (Å²) in [7, 11) is 0. The molecule has 0 saturated heterocycles. The summed E-state index contributed by atoms with van der Waals surface area (Å²) in [6.07, 6.45) is 12.5. The first-order chi connectivity index (χ1) is 8.69. The second kappa shape index (κ2) is 6.58. The molecule has 0 spiro atoms. The van der Waals surface area contributed by atoms with Crippen molar-refractivity contribution >= 4 is 5.97 Å². The number of carboxylic acid groups (broad SMARTS) is 1. The molecule has 2 atom stereocenters. The average molecular weight is 252 g/mol. The smallest absolute Gasteiger partial charge is 0.306 e. The van der Waals surface area contributed by atoms with E-state index in [4.69, 9.17) is 5.11 Å². The predicted octanol–water partition coefficient (Wildman–Crippen LogP) is 4.48. The number of aliphatic carboxylic acids is 1. The number of hydrogen-bond donors (Lipinski definition) is 1. The van der Waals surface area contributed by atoms with E-state index in [9.17, 15) is 4.79 Å². The maximum Gasteiger partial charge on any atom is 0.306 e. The first kappa shape index (κ1) is 13.9. The van der Waals surface area contributed by atoms with E-state index in [1.165, 1.54) is 44.9 Å². The molecule has 2 fully saturated rings. The Morgan fingerprint density at radius 2 is 1.67 bits per heavy atom. The molecule has 0 bridgehead atoms. The van der Waals surface area contributed by atoms with Crippen molar-refractivity contribution in [3.05, 3.63) is 0 Å². The van der Waals surface area contributed by atoms with Gasteiger partial charge in [0.2, 0.25) is 0 Å². The van der Waals surface area contributed by atoms with Crippen LogP contribution in [0.1, 0.15) is 71.1 Å². The first-order valence-electron chi connectivity index (χ1n) is 7.91. The minimum absolute atomic E-state index is 0.0456. The topological polar surface area (TPSA) is 37.3 Å². The van der Waals surface area contributed by atoms with Crippen LogP contribution in [-0.2, 0) is 4.79 Å². The monoisotopic (exact) mass is 252 g/mol. The quantitative estimate of drug-likeness (QED) is 0.800. The van der Waals surface area contributed by atoms with Crippen LogP contribution >= 0.6 is 0 Å². The molecule has 2 nitrogen and oxygen atoms in total. The summed E-state index contributed by atoms with van der Waals surface area (Å²) in [6, 6.07) is 0. The van der Waals surface area contributed by atoms with E-state index in [2.05, 4.69) is 6.92 Å². The lowest BCUT2D eigenvalue weighted by molar-refractivity contribution is -0.143. The molecule has 2 aliphatic rings. The van der Waals surface area contributed by atoms with E-state index < -0.39 is 5.97 Å². The standard InChI is InChI=1S/C16H28O2/c1-2-12-6-8-13(9-7-12)10-14-4-3-5-15(11-14)16(17)18/h12-15H,2-11H2,1H3,(H,17,18). The highest BCUT2D eigenvalue weighted by Crippen LogP contribution is 2.39. The summed E-state index contributed by atoms with van der Waals surface area (Å²) < 4.78 is 0. The third-order valence-electron chi connectivity index (χ3n) is 5.34. The lowest BCUT2D eigenvalue weighted by Crippen LogP contribution is -2.25. The number of hydrogen-bond acceptors (Lipinski definition) is 1. The van der Waals surface area contributed by atoms with Gasteiger partial charge < -0.3 is 5.11 Å². The molecule has 0 radical (unpaired) electrons. The van der Waals surface area contributed by atoms with Crippen LogP contribution in [0.4, 0.5) is 0 Å². The van der Waals surface area contributed by atoms with Crippen molar-refractivity contribution < 1.29 is 9.90 Å². The van der Waals surface area contributed by atoms with Gasteiger partial charge in [0.1, 0.15) is 0 Å². The van der Waals surface area contributed by atoms with Crippen LogP contribution in [0.3, 0.4) is 0 Å². The summed E-state index contributed by atoms with van der Waals surface area (Å²) in [4.78, 5) is 11.1. The Kier molecular flexibility index (Phi) is 5.08. The minimum Gasteiger partial charge on any atom is -0.481 e. The van der Waals surface area contributed by atoms with Crippen molar-refractivity contribution in [2.45, 2.75) is 71.1 Å². The molecule has 2 unspecified atom stereocenters. The van der Waals surface area contributed by atoms with Gasteiger partial charge in [-0.2, -0.15) is 0 Å². The molecular weight excluding hydrogens is 224 g/mol. The fraction of sp³-hybridized carbons (Fsp3) is 0.938. The van der Waals surface area contributed by atoms with Crippen molar-refractivity contribution in [1.29, 1.82) is 0 Å². The summed E-state index contributed by atoms with van der Waals surface area (Å²) in [5, 5.41) is 9.13. The predicted molar refractivity (Wildman–Crippen MR) is 73.4 cm³/mol. The molecule has 0 aromatic heterocycles.